The number of aliphatic hydroxyl groups is 3. The van der Waals surface area contributed by atoms with Crippen molar-refractivity contribution < 1.29 is 24.9 Å². The van der Waals surface area contributed by atoms with Gasteiger partial charge in [0.05, 0.1) is 24.8 Å². The highest BCUT2D eigenvalue weighted by Gasteiger charge is 2.41. The lowest BCUT2D eigenvalue weighted by Gasteiger charge is -2.22. The van der Waals surface area contributed by atoms with Crippen LogP contribution in [0.25, 0.3) is 11.1 Å². The summed E-state index contributed by atoms with van der Waals surface area (Å²) in [5, 5.41) is 33.2. The lowest BCUT2D eigenvalue weighted by atomic mass is 10.0. The Bertz CT molecular complexity index is 928. The summed E-state index contributed by atoms with van der Waals surface area (Å²) < 4.78 is 4.82. The Morgan fingerprint density at radius 3 is 2.67 bits per heavy atom. The quantitative estimate of drug-likeness (QED) is 0.374. The van der Waals surface area contributed by atoms with Crippen LogP contribution in [0.15, 0.2) is 18.3 Å². The van der Waals surface area contributed by atoms with Gasteiger partial charge in [0.1, 0.15) is 17.1 Å². The van der Waals surface area contributed by atoms with Gasteiger partial charge in [0, 0.05) is 38.4 Å². The van der Waals surface area contributed by atoms with E-state index in [1.807, 2.05) is 0 Å². The van der Waals surface area contributed by atoms with Crippen LogP contribution in [0.2, 0.25) is 5.15 Å². The lowest BCUT2D eigenvalue weighted by molar-refractivity contribution is 0.00446. The first-order valence-corrected chi connectivity index (χ1v) is 9.68. The minimum atomic E-state index is -1.12. The summed E-state index contributed by atoms with van der Waals surface area (Å²) in [6.07, 6.45) is -0.436. The van der Waals surface area contributed by atoms with Crippen LogP contribution in [0.1, 0.15) is 16.9 Å². The van der Waals surface area contributed by atoms with Gasteiger partial charge in [-0.25, -0.2) is 14.8 Å². The highest BCUT2D eigenvalue weighted by molar-refractivity contribution is 6.33. The fraction of sp³-hybridized carbons (Fsp3) is 0.474. The maximum absolute atomic E-state index is 12.2. The van der Waals surface area contributed by atoms with E-state index in [0.717, 1.165) is 0 Å². The van der Waals surface area contributed by atoms with Crippen molar-refractivity contribution in [1.82, 2.24) is 15.0 Å². The summed E-state index contributed by atoms with van der Waals surface area (Å²) in [6, 6.07) is 2.67. The smallest absolute Gasteiger partial charge is 0.357 e. The third kappa shape index (κ3) is 4.17. The van der Waals surface area contributed by atoms with Crippen molar-refractivity contribution in [2.75, 3.05) is 38.0 Å². The minimum absolute atomic E-state index is 0.0337. The zero-order valence-electron chi connectivity index (χ0n) is 16.8. The largest absolute Gasteiger partial charge is 0.464 e. The molecule has 1 fully saturated rings. The number of nitrogens with one attached hydrogen (secondary N) is 1. The molecule has 1 aliphatic carbocycles. The highest BCUT2D eigenvalue weighted by atomic mass is 35.5. The van der Waals surface area contributed by atoms with E-state index in [1.165, 1.54) is 13.3 Å². The fourth-order valence-corrected chi connectivity index (χ4v) is 3.72. The van der Waals surface area contributed by atoms with Crippen molar-refractivity contribution >= 4 is 29.3 Å². The van der Waals surface area contributed by atoms with Crippen molar-refractivity contribution in [1.29, 1.82) is 0 Å². The van der Waals surface area contributed by atoms with Gasteiger partial charge in [-0.1, -0.05) is 17.7 Å². The van der Waals surface area contributed by atoms with Crippen LogP contribution in [0.4, 0.5) is 11.8 Å². The molecule has 2 heterocycles. The number of esters is 1. The molecule has 0 radical (unpaired) electrons. The number of rotatable bonds is 6. The molecule has 0 aromatic carbocycles. The van der Waals surface area contributed by atoms with E-state index in [4.69, 9.17) is 16.3 Å². The van der Waals surface area contributed by atoms with E-state index in [-0.39, 0.29) is 23.3 Å². The molecule has 1 saturated carbocycles. The summed E-state index contributed by atoms with van der Waals surface area (Å²) in [5.74, 6) is -0.565. The number of ether oxygens (including phenoxy) is 1. The third-order valence-corrected chi connectivity index (χ3v) is 5.34. The molecule has 0 bridgehead atoms. The molecule has 10 nitrogen and oxygen atoms in total. The summed E-state index contributed by atoms with van der Waals surface area (Å²) in [6.45, 7) is -0.258. The van der Waals surface area contributed by atoms with E-state index >= 15 is 0 Å². The second-order valence-electron chi connectivity index (χ2n) is 7.23. The highest BCUT2D eigenvalue weighted by Crippen LogP contribution is 2.38. The molecule has 2 aromatic rings. The van der Waals surface area contributed by atoms with E-state index in [0.29, 0.717) is 23.5 Å². The van der Waals surface area contributed by atoms with Crippen LogP contribution in [0.5, 0.6) is 0 Å². The summed E-state index contributed by atoms with van der Waals surface area (Å²) >= 11 is 6.49. The molecule has 0 unspecified atom stereocenters. The maximum atomic E-state index is 12.2. The first-order chi connectivity index (χ1) is 14.3. The van der Waals surface area contributed by atoms with Gasteiger partial charge in [0.15, 0.2) is 5.69 Å². The van der Waals surface area contributed by atoms with Crippen LogP contribution in [-0.2, 0) is 4.74 Å². The molecule has 0 spiro atoms. The first kappa shape index (κ1) is 22.2. The van der Waals surface area contributed by atoms with Gasteiger partial charge in [-0.3, -0.25) is 0 Å². The number of carbonyl (C=O) groups is 1. The Morgan fingerprint density at radius 1 is 1.33 bits per heavy atom. The predicted molar refractivity (Wildman–Crippen MR) is 111 cm³/mol. The van der Waals surface area contributed by atoms with Crippen LogP contribution in [0, 0.1) is 5.92 Å². The maximum Gasteiger partial charge on any atom is 0.357 e. The van der Waals surface area contributed by atoms with Gasteiger partial charge in [0.2, 0.25) is 5.95 Å². The molecule has 162 valence electrons. The minimum Gasteiger partial charge on any atom is -0.464 e. The molecule has 1 aliphatic rings. The Hall–Kier alpha value is -2.53. The fourth-order valence-electron chi connectivity index (χ4n) is 3.46. The van der Waals surface area contributed by atoms with Crippen LogP contribution >= 0.6 is 11.6 Å². The SMILES string of the molecule is COC(=O)c1ncccc1-c1c(Cl)nc(N(C)C)nc1N[C@@H]1C[C@H](CO)[C@@H](O)[C@H]1O. The number of anilines is 2. The number of nitrogens with zero attached hydrogens (tertiary/aromatic N) is 4. The normalized spacial score (nSPS) is 23.3. The molecule has 0 aliphatic heterocycles. The molecule has 2 aromatic heterocycles. The average molecular weight is 438 g/mol. The Morgan fingerprint density at radius 2 is 2.07 bits per heavy atom. The Balaban J connectivity index is 2.12. The predicted octanol–water partition coefficient (Wildman–Crippen LogP) is 0.559. The van der Waals surface area contributed by atoms with E-state index in [1.54, 1.807) is 31.1 Å². The van der Waals surface area contributed by atoms with Crippen molar-refractivity contribution in [2.24, 2.45) is 5.92 Å². The molecule has 30 heavy (non-hydrogen) atoms. The van der Waals surface area contributed by atoms with E-state index in [9.17, 15) is 20.1 Å². The Labute approximate surface area is 178 Å². The number of hydrogen-bond acceptors (Lipinski definition) is 10. The molecule has 4 N–H and O–H groups in total. The van der Waals surface area contributed by atoms with E-state index < -0.39 is 30.1 Å². The summed E-state index contributed by atoms with van der Waals surface area (Å²) in [7, 11) is 4.74. The van der Waals surface area contributed by atoms with Gasteiger partial charge in [-0.15, -0.1) is 0 Å². The number of aliphatic hydroxyl groups excluding tert-OH is 3. The molecule has 0 amide bonds. The first-order valence-electron chi connectivity index (χ1n) is 9.30. The number of aromatic nitrogens is 3. The number of halogens is 1. The van der Waals surface area contributed by atoms with Crippen LogP contribution < -0.4 is 10.2 Å². The molecular weight excluding hydrogens is 414 g/mol. The monoisotopic (exact) mass is 437 g/mol. The molecule has 0 saturated heterocycles. The molecule has 11 heteroatoms. The second-order valence-corrected chi connectivity index (χ2v) is 7.59. The van der Waals surface area contributed by atoms with Crippen LogP contribution in [0.3, 0.4) is 0 Å². The van der Waals surface area contributed by atoms with Gasteiger partial charge in [-0.2, -0.15) is 4.98 Å². The summed E-state index contributed by atoms with van der Waals surface area (Å²) in [5.41, 5.74) is 0.699. The lowest BCUT2D eigenvalue weighted by Crippen LogP contribution is -2.36. The molecular formula is C19H24ClN5O5. The molecule has 3 rings (SSSR count). The average Bonchev–Trinajstić information content (AvgIpc) is 3.00. The van der Waals surface area contributed by atoms with Crippen LogP contribution in [-0.4, -0.2) is 82.3 Å². The van der Waals surface area contributed by atoms with Gasteiger partial charge in [0.25, 0.3) is 0 Å². The van der Waals surface area contributed by atoms with Gasteiger partial charge >= 0.3 is 5.97 Å². The summed E-state index contributed by atoms with van der Waals surface area (Å²) in [4.78, 5) is 26.8. The number of methoxy groups -OCH3 is 1. The third-order valence-electron chi connectivity index (χ3n) is 5.07. The van der Waals surface area contributed by atoms with Crippen molar-refractivity contribution in [3.63, 3.8) is 0 Å². The Kier molecular flexibility index (Phi) is 6.71. The molecule has 4 atom stereocenters. The standard InChI is InChI=1S/C19H24ClN5O5/c1-25(2)19-23-16(20)12(10-5-4-6-21-13(10)18(29)30-3)17(24-19)22-11-7-9(8-26)14(27)15(11)28/h4-6,9,11,14-15,26-28H,7-8H2,1-3H3,(H,22,23,24)/t9-,11-,14-,15+/m1/s1. The van der Waals surface area contributed by atoms with Crippen molar-refractivity contribution in [2.45, 2.75) is 24.7 Å². The van der Waals surface area contributed by atoms with Gasteiger partial charge < -0.3 is 30.3 Å². The zero-order valence-corrected chi connectivity index (χ0v) is 17.5. The zero-order chi connectivity index (χ0) is 22.0. The van der Waals surface area contributed by atoms with Gasteiger partial charge in [-0.05, 0) is 12.5 Å². The second kappa shape index (κ2) is 9.09. The van der Waals surface area contributed by atoms with Crippen molar-refractivity contribution in [3.8, 4) is 11.1 Å². The van der Waals surface area contributed by atoms with E-state index in [2.05, 4.69) is 20.3 Å². The van der Waals surface area contributed by atoms with Crippen molar-refractivity contribution in [3.05, 3.63) is 29.2 Å². The number of pyridine rings is 1. The number of carbonyl (C=O) groups excluding carboxylic acids is 1. The number of hydrogen-bond donors (Lipinski definition) is 4. The topological polar surface area (TPSA) is 141 Å².